The Morgan fingerprint density at radius 2 is 2.06 bits per heavy atom. The van der Waals surface area contributed by atoms with Crippen molar-refractivity contribution in [1.29, 1.82) is 0 Å². The molecule has 0 aliphatic heterocycles. The van der Waals surface area contributed by atoms with Gasteiger partial charge in [0, 0.05) is 17.8 Å². The summed E-state index contributed by atoms with van der Waals surface area (Å²) in [4.78, 5) is 4.03. The number of methoxy groups -OCH3 is 1. The Hall–Kier alpha value is -1.17. The molecule has 1 aromatic rings. The number of hydrogen-bond acceptors (Lipinski definition) is 5. The molecule has 18 heavy (non-hydrogen) atoms. The van der Waals surface area contributed by atoms with Crippen molar-refractivity contribution in [2.45, 2.75) is 38.5 Å². The van der Waals surface area contributed by atoms with E-state index in [1.807, 2.05) is 20.8 Å². The van der Waals surface area contributed by atoms with Crippen molar-refractivity contribution in [2.75, 3.05) is 13.7 Å². The second-order valence-corrected chi connectivity index (χ2v) is 5.17. The summed E-state index contributed by atoms with van der Waals surface area (Å²) in [5, 5.41) is 10.1. The van der Waals surface area contributed by atoms with E-state index in [4.69, 9.17) is 15.2 Å². The van der Waals surface area contributed by atoms with Crippen LogP contribution in [0, 0.1) is 0 Å². The predicted octanol–water partition coefficient (Wildman–Crippen LogP) is 1.27. The quantitative estimate of drug-likeness (QED) is 0.827. The van der Waals surface area contributed by atoms with Gasteiger partial charge in [-0.05, 0) is 26.8 Å². The Bertz CT molecular complexity index is 359. The Morgan fingerprint density at radius 1 is 1.39 bits per heavy atom. The molecule has 3 N–H and O–H groups in total. The number of ether oxygens (including phenoxy) is 2. The molecule has 0 fully saturated rings. The van der Waals surface area contributed by atoms with Gasteiger partial charge in [-0.1, -0.05) is 0 Å². The standard InChI is InChI=1S/C13H22N2O3/c1-13(2,3)18-8-10(14)12(16)9-5-6-11(17-4)15-7-9/h5-7,10,12,16H,8,14H2,1-4H3/t10-,12+/m0/s1. The van der Waals surface area contributed by atoms with Gasteiger partial charge >= 0.3 is 0 Å². The van der Waals surface area contributed by atoms with Crippen LogP contribution < -0.4 is 10.5 Å². The first-order valence-electron chi connectivity index (χ1n) is 5.91. The Kier molecular flexibility index (Phi) is 5.07. The van der Waals surface area contributed by atoms with E-state index in [2.05, 4.69) is 4.98 Å². The summed E-state index contributed by atoms with van der Waals surface area (Å²) < 4.78 is 10.5. The molecule has 1 heterocycles. The van der Waals surface area contributed by atoms with Crippen LogP contribution in [-0.2, 0) is 4.74 Å². The fourth-order valence-corrected chi connectivity index (χ4v) is 1.37. The first-order chi connectivity index (χ1) is 8.33. The fourth-order valence-electron chi connectivity index (χ4n) is 1.37. The smallest absolute Gasteiger partial charge is 0.212 e. The normalized spacial score (nSPS) is 15.2. The van der Waals surface area contributed by atoms with Crippen LogP contribution in [0.5, 0.6) is 5.88 Å². The molecule has 5 heteroatoms. The number of aliphatic hydroxyl groups excluding tert-OH is 1. The molecule has 0 amide bonds. The van der Waals surface area contributed by atoms with Crippen LogP contribution in [0.2, 0.25) is 0 Å². The van der Waals surface area contributed by atoms with Crippen molar-refractivity contribution < 1.29 is 14.6 Å². The monoisotopic (exact) mass is 254 g/mol. The molecular formula is C13H22N2O3. The minimum atomic E-state index is -0.800. The van der Waals surface area contributed by atoms with E-state index in [-0.39, 0.29) is 12.2 Å². The minimum absolute atomic E-state index is 0.268. The van der Waals surface area contributed by atoms with Gasteiger partial charge in [0.15, 0.2) is 0 Å². The number of nitrogens with zero attached hydrogens (tertiary/aromatic N) is 1. The maximum absolute atomic E-state index is 10.1. The van der Waals surface area contributed by atoms with Crippen molar-refractivity contribution in [2.24, 2.45) is 5.73 Å². The van der Waals surface area contributed by atoms with Crippen LogP contribution in [0.3, 0.4) is 0 Å². The van der Waals surface area contributed by atoms with Gasteiger partial charge in [-0.25, -0.2) is 4.98 Å². The zero-order chi connectivity index (χ0) is 13.8. The lowest BCUT2D eigenvalue weighted by Crippen LogP contribution is -2.36. The highest BCUT2D eigenvalue weighted by Crippen LogP contribution is 2.18. The van der Waals surface area contributed by atoms with E-state index in [0.29, 0.717) is 11.4 Å². The van der Waals surface area contributed by atoms with Gasteiger partial charge in [0.25, 0.3) is 0 Å². The molecule has 0 spiro atoms. The molecule has 0 unspecified atom stereocenters. The van der Waals surface area contributed by atoms with E-state index in [9.17, 15) is 5.11 Å². The number of rotatable bonds is 5. The largest absolute Gasteiger partial charge is 0.481 e. The second-order valence-electron chi connectivity index (χ2n) is 5.17. The topological polar surface area (TPSA) is 77.6 Å². The van der Waals surface area contributed by atoms with Crippen LogP contribution in [0.25, 0.3) is 0 Å². The summed E-state index contributed by atoms with van der Waals surface area (Å²) in [6.45, 7) is 6.12. The van der Waals surface area contributed by atoms with E-state index in [0.717, 1.165) is 0 Å². The molecule has 0 aliphatic rings. The highest BCUT2D eigenvalue weighted by Gasteiger charge is 2.20. The van der Waals surface area contributed by atoms with Crippen molar-refractivity contribution in [3.8, 4) is 5.88 Å². The van der Waals surface area contributed by atoms with Gasteiger partial charge in [-0.3, -0.25) is 0 Å². The average Bonchev–Trinajstić information content (AvgIpc) is 2.34. The van der Waals surface area contributed by atoms with Crippen LogP contribution in [-0.4, -0.2) is 35.5 Å². The minimum Gasteiger partial charge on any atom is -0.481 e. The highest BCUT2D eigenvalue weighted by molar-refractivity contribution is 5.20. The van der Waals surface area contributed by atoms with Crippen LogP contribution in [0.1, 0.15) is 32.4 Å². The van der Waals surface area contributed by atoms with Crippen LogP contribution >= 0.6 is 0 Å². The third-order valence-corrected chi connectivity index (χ3v) is 2.42. The molecule has 1 aromatic heterocycles. The fraction of sp³-hybridized carbons (Fsp3) is 0.615. The lowest BCUT2D eigenvalue weighted by molar-refractivity contribution is -0.0283. The zero-order valence-electron chi connectivity index (χ0n) is 11.4. The maximum atomic E-state index is 10.1. The van der Waals surface area contributed by atoms with Crippen molar-refractivity contribution in [3.05, 3.63) is 23.9 Å². The summed E-state index contributed by atoms with van der Waals surface area (Å²) >= 11 is 0. The molecule has 0 radical (unpaired) electrons. The molecule has 1 rings (SSSR count). The van der Waals surface area contributed by atoms with Gasteiger partial charge in [0.05, 0.1) is 31.5 Å². The third-order valence-electron chi connectivity index (χ3n) is 2.42. The summed E-state index contributed by atoms with van der Waals surface area (Å²) in [5.41, 5.74) is 6.28. The molecule has 0 saturated heterocycles. The van der Waals surface area contributed by atoms with Crippen molar-refractivity contribution in [3.63, 3.8) is 0 Å². The molecule has 5 nitrogen and oxygen atoms in total. The lowest BCUT2D eigenvalue weighted by Gasteiger charge is -2.25. The van der Waals surface area contributed by atoms with Gasteiger partial charge in [0.1, 0.15) is 0 Å². The van der Waals surface area contributed by atoms with E-state index in [1.54, 1.807) is 25.4 Å². The Morgan fingerprint density at radius 3 is 2.50 bits per heavy atom. The first-order valence-corrected chi connectivity index (χ1v) is 5.91. The Labute approximate surface area is 108 Å². The SMILES string of the molecule is COc1ccc([C@@H](O)[C@@H](N)COC(C)(C)C)cn1. The number of pyridine rings is 1. The molecule has 102 valence electrons. The number of aliphatic hydroxyl groups is 1. The van der Waals surface area contributed by atoms with Gasteiger partial charge < -0.3 is 20.3 Å². The molecule has 0 aliphatic carbocycles. The molecule has 0 saturated carbocycles. The van der Waals surface area contributed by atoms with Gasteiger partial charge in [0.2, 0.25) is 5.88 Å². The first kappa shape index (κ1) is 14.9. The van der Waals surface area contributed by atoms with E-state index >= 15 is 0 Å². The summed E-state index contributed by atoms with van der Waals surface area (Å²) in [7, 11) is 1.54. The van der Waals surface area contributed by atoms with E-state index in [1.165, 1.54) is 0 Å². The maximum Gasteiger partial charge on any atom is 0.212 e. The zero-order valence-corrected chi connectivity index (χ0v) is 11.4. The lowest BCUT2D eigenvalue weighted by atomic mass is 10.1. The van der Waals surface area contributed by atoms with Crippen molar-refractivity contribution >= 4 is 0 Å². The summed E-state index contributed by atoms with van der Waals surface area (Å²) in [6, 6.07) is 2.95. The molecule has 0 bridgehead atoms. The van der Waals surface area contributed by atoms with Crippen molar-refractivity contribution in [1.82, 2.24) is 4.98 Å². The van der Waals surface area contributed by atoms with Gasteiger partial charge in [-0.2, -0.15) is 0 Å². The summed E-state index contributed by atoms with van der Waals surface area (Å²) in [5.74, 6) is 0.505. The van der Waals surface area contributed by atoms with E-state index < -0.39 is 12.1 Å². The molecular weight excluding hydrogens is 232 g/mol. The highest BCUT2D eigenvalue weighted by atomic mass is 16.5. The van der Waals surface area contributed by atoms with Crippen LogP contribution in [0.4, 0.5) is 0 Å². The predicted molar refractivity (Wildman–Crippen MR) is 69.4 cm³/mol. The molecule has 0 aromatic carbocycles. The Balaban J connectivity index is 2.59. The molecule has 2 atom stereocenters. The van der Waals surface area contributed by atoms with Crippen LogP contribution in [0.15, 0.2) is 18.3 Å². The second kappa shape index (κ2) is 6.13. The van der Waals surface area contributed by atoms with Gasteiger partial charge in [-0.15, -0.1) is 0 Å². The number of nitrogens with two attached hydrogens (primary N) is 1. The number of aromatic nitrogens is 1. The third kappa shape index (κ3) is 4.60. The average molecular weight is 254 g/mol. The number of hydrogen-bond donors (Lipinski definition) is 2. The summed E-state index contributed by atoms with van der Waals surface area (Å²) in [6.07, 6.45) is 0.756.